The number of imidazole rings is 2. The van der Waals surface area contributed by atoms with Crippen molar-refractivity contribution in [3.63, 3.8) is 0 Å². The number of nitrogens with one attached hydrogen (secondary N) is 4. The summed E-state index contributed by atoms with van der Waals surface area (Å²) in [6.07, 6.45) is 8.85. The predicted molar refractivity (Wildman–Crippen MR) is 271 cm³/mol. The molecule has 18 nitrogen and oxygen atoms in total. The zero-order chi connectivity index (χ0) is 50.6. The standard InChI is InChI=1S/C54H60FN9O9S/c1-69-53(67)60-46(30-12-18-71-19-13-30)50(65)62-17-11-33(28-62)48-56-27-38(58-48)34-23-36(55)45-41-24-35-22-32(7-8-39(35)64(41)52(73-42(45)25-34)44-10-9-43(74-44)29-5-6-29)37-26-57-49(59-37)40-4-3-16-63(40)51(66)47(61-54(68)70-2)31-14-20-72-21-15-31/h7-10,22-27,29-31,33,40,46-47,52H,3-6,11-21,28H2,1-2H3,(H,56,58)(H,57,59)(H,60,67)(H,61,68)/t33-,40+,46+,47+,52?/m1/s1. The molecule has 1 aliphatic carbocycles. The number of fused-ring (bicyclic) bond motifs is 5. The molecule has 9 heterocycles. The number of hydrogen-bond acceptors (Lipinski definition) is 12. The molecule has 4 saturated heterocycles. The average molecular weight is 1030 g/mol. The van der Waals surface area contributed by atoms with Gasteiger partial charge in [0.05, 0.1) is 65.7 Å². The van der Waals surface area contributed by atoms with Crippen molar-refractivity contribution in [1.29, 1.82) is 0 Å². The van der Waals surface area contributed by atoms with Gasteiger partial charge in [-0.15, -0.1) is 11.3 Å². The first-order chi connectivity index (χ1) is 36.1. The van der Waals surface area contributed by atoms with E-state index in [0.29, 0.717) is 124 Å². The molecule has 0 bridgehead atoms. The molecule has 74 heavy (non-hydrogen) atoms. The third-order valence-electron chi connectivity index (χ3n) is 16.0. The molecule has 2 aromatic carbocycles. The summed E-state index contributed by atoms with van der Waals surface area (Å²) in [4.78, 5) is 75.4. The van der Waals surface area contributed by atoms with Gasteiger partial charge in [-0.25, -0.2) is 23.9 Å². The number of aromatic nitrogens is 5. The quantitative estimate of drug-likeness (QED) is 0.0916. The second kappa shape index (κ2) is 20.2. The smallest absolute Gasteiger partial charge is 0.407 e. The number of nitrogens with zero attached hydrogens (tertiary/aromatic N) is 5. The highest BCUT2D eigenvalue weighted by Gasteiger charge is 2.42. The molecular formula is C54H60FN9O9S. The van der Waals surface area contributed by atoms with Crippen molar-refractivity contribution >= 4 is 46.2 Å². The first-order valence-electron chi connectivity index (χ1n) is 25.9. The Labute approximate surface area is 430 Å². The lowest BCUT2D eigenvalue weighted by Crippen LogP contribution is -2.53. The number of ether oxygens (including phenoxy) is 5. The van der Waals surface area contributed by atoms with E-state index in [4.69, 9.17) is 33.7 Å². The molecule has 0 spiro atoms. The molecule has 5 atom stereocenters. The Bertz CT molecular complexity index is 3100. The van der Waals surface area contributed by atoms with Crippen molar-refractivity contribution < 1.29 is 47.3 Å². The second-order valence-corrected chi connectivity index (χ2v) is 21.6. The van der Waals surface area contributed by atoms with E-state index >= 15 is 4.39 Å². The van der Waals surface area contributed by atoms with Gasteiger partial charge in [-0.3, -0.25) is 14.2 Å². The van der Waals surface area contributed by atoms with Crippen LogP contribution in [0.3, 0.4) is 0 Å². The fraction of sp³-hybridized carbons (Fsp3) is 0.481. The Morgan fingerprint density at radius 2 is 1.39 bits per heavy atom. The minimum absolute atomic E-state index is 0.0589. The normalized spacial score (nSPS) is 22.0. The summed E-state index contributed by atoms with van der Waals surface area (Å²) in [7, 11) is 2.59. The summed E-state index contributed by atoms with van der Waals surface area (Å²) in [6.45, 7) is 3.60. The van der Waals surface area contributed by atoms with Gasteiger partial charge in [-0.05, 0) is 118 Å². The molecule has 12 rings (SSSR count). The Morgan fingerprint density at radius 3 is 2.09 bits per heavy atom. The Morgan fingerprint density at radius 1 is 0.730 bits per heavy atom. The highest BCUT2D eigenvalue weighted by molar-refractivity contribution is 7.12. The molecule has 5 aliphatic heterocycles. The monoisotopic (exact) mass is 1030 g/mol. The van der Waals surface area contributed by atoms with E-state index in [1.165, 1.54) is 38.0 Å². The van der Waals surface area contributed by atoms with Crippen molar-refractivity contribution in [3.05, 3.63) is 88.1 Å². The molecule has 1 saturated carbocycles. The summed E-state index contributed by atoms with van der Waals surface area (Å²) < 4.78 is 46.9. The number of likely N-dealkylation sites (tertiary alicyclic amines) is 2. The Hall–Kier alpha value is -6.77. The van der Waals surface area contributed by atoms with E-state index in [9.17, 15) is 19.2 Å². The molecule has 4 amide bonds. The van der Waals surface area contributed by atoms with E-state index in [-0.39, 0.29) is 35.6 Å². The zero-order valence-corrected chi connectivity index (χ0v) is 42.2. The van der Waals surface area contributed by atoms with Crippen LogP contribution in [-0.2, 0) is 28.5 Å². The maximum absolute atomic E-state index is 17.0. The topological polar surface area (TPSA) is 207 Å². The van der Waals surface area contributed by atoms with Gasteiger partial charge in [0.25, 0.3) is 0 Å². The highest BCUT2D eigenvalue weighted by atomic mass is 32.1. The fourth-order valence-corrected chi connectivity index (χ4v) is 13.0. The summed E-state index contributed by atoms with van der Waals surface area (Å²) in [5, 5.41) is 6.51. The van der Waals surface area contributed by atoms with E-state index in [1.807, 2.05) is 29.2 Å². The van der Waals surface area contributed by atoms with E-state index < -0.39 is 36.3 Å². The van der Waals surface area contributed by atoms with Crippen molar-refractivity contribution in [3.8, 4) is 39.5 Å². The average Bonchev–Trinajstić information content (AvgIpc) is 4.17. The number of thiophene rings is 1. The molecule has 5 fully saturated rings. The minimum atomic E-state index is -0.734. The number of amides is 4. The molecular weight excluding hydrogens is 970 g/mol. The van der Waals surface area contributed by atoms with Gasteiger partial charge in [0.15, 0.2) is 0 Å². The number of methoxy groups -OCH3 is 2. The van der Waals surface area contributed by atoms with Crippen LogP contribution in [-0.4, -0.2) is 131 Å². The first-order valence-corrected chi connectivity index (χ1v) is 26.7. The second-order valence-electron chi connectivity index (χ2n) is 20.4. The van der Waals surface area contributed by atoms with Crippen LogP contribution in [0.1, 0.15) is 103 Å². The summed E-state index contributed by atoms with van der Waals surface area (Å²) >= 11 is 1.74. The molecule has 20 heteroatoms. The molecule has 6 aliphatic rings. The van der Waals surface area contributed by atoms with Gasteiger partial charge in [0.2, 0.25) is 18.0 Å². The Kier molecular flexibility index (Phi) is 13.1. The first kappa shape index (κ1) is 48.2. The van der Waals surface area contributed by atoms with Gasteiger partial charge >= 0.3 is 12.2 Å². The molecule has 1 unspecified atom stereocenters. The van der Waals surface area contributed by atoms with E-state index in [2.05, 4.69) is 43.4 Å². The van der Waals surface area contributed by atoms with E-state index in [0.717, 1.165) is 39.9 Å². The van der Waals surface area contributed by atoms with Crippen LogP contribution in [0.25, 0.3) is 44.7 Å². The molecule has 0 radical (unpaired) electrons. The number of alkyl carbamates (subject to hydrolysis) is 2. The van der Waals surface area contributed by atoms with E-state index in [1.54, 1.807) is 28.6 Å². The van der Waals surface area contributed by atoms with Gasteiger partial charge in [-0.1, -0.05) is 6.07 Å². The third-order valence-corrected chi connectivity index (χ3v) is 17.2. The number of hydrogen-bond donors (Lipinski definition) is 4. The maximum Gasteiger partial charge on any atom is 0.407 e. The van der Waals surface area contributed by atoms with Crippen molar-refractivity contribution in [2.24, 2.45) is 11.8 Å². The number of carbonyl (C=O) groups excluding carboxylic acids is 4. The van der Waals surface area contributed by atoms with Gasteiger partial charge in [0.1, 0.15) is 35.3 Å². The fourth-order valence-electron chi connectivity index (χ4n) is 11.8. The molecule has 4 aromatic heterocycles. The summed E-state index contributed by atoms with van der Waals surface area (Å²) in [5.74, 6) is 1.39. The van der Waals surface area contributed by atoms with Gasteiger partial charge < -0.3 is 54.1 Å². The Balaban J connectivity index is 0.816. The van der Waals surface area contributed by atoms with Gasteiger partial charge in [0, 0.05) is 73.4 Å². The predicted octanol–water partition coefficient (Wildman–Crippen LogP) is 8.39. The van der Waals surface area contributed by atoms with Crippen LogP contribution in [0.15, 0.2) is 60.9 Å². The van der Waals surface area contributed by atoms with Crippen molar-refractivity contribution in [2.45, 2.75) is 94.0 Å². The third kappa shape index (κ3) is 9.18. The number of rotatable bonds is 12. The summed E-state index contributed by atoms with van der Waals surface area (Å²) in [5.41, 5.74) is 4.81. The van der Waals surface area contributed by atoms with Crippen LogP contribution in [0.2, 0.25) is 0 Å². The largest absolute Gasteiger partial charge is 0.464 e. The number of halogens is 1. The maximum atomic E-state index is 17.0. The van der Waals surface area contributed by atoms with Gasteiger partial charge in [-0.2, -0.15) is 0 Å². The van der Waals surface area contributed by atoms with Crippen LogP contribution < -0.4 is 15.4 Å². The summed E-state index contributed by atoms with van der Waals surface area (Å²) in [6, 6.07) is 14.2. The molecule has 6 aromatic rings. The van der Waals surface area contributed by atoms with Crippen LogP contribution in [0, 0.1) is 17.7 Å². The molecule has 388 valence electrons. The lowest BCUT2D eigenvalue weighted by Gasteiger charge is -2.34. The van der Waals surface area contributed by atoms with Crippen molar-refractivity contribution in [2.75, 3.05) is 60.3 Å². The zero-order valence-electron chi connectivity index (χ0n) is 41.4. The highest BCUT2D eigenvalue weighted by Crippen LogP contribution is 2.50. The number of benzene rings is 2. The van der Waals surface area contributed by atoms with Crippen LogP contribution in [0.5, 0.6) is 5.75 Å². The molecule has 4 N–H and O–H groups in total. The number of carbonyl (C=O) groups is 4. The minimum Gasteiger partial charge on any atom is -0.464 e. The lowest BCUT2D eigenvalue weighted by atomic mass is 9.90. The number of H-pyrrole nitrogens is 2. The lowest BCUT2D eigenvalue weighted by molar-refractivity contribution is -0.137. The number of aromatic amines is 2. The van der Waals surface area contributed by atoms with Crippen LogP contribution >= 0.6 is 11.3 Å². The van der Waals surface area contributed by atoms with Crippen molar-refractivity contribution in [1.82, 2.24) is 44.9 Å². The van der Waals surface area contributed by atoms with Crippen LogP contribution in [0.4, 0.5) is 14.0 Å². The SMILES string of the molecule is COC(=O)N[C@H](C(=O)N1CC[C@@H](c2ncc(-c3cc(F)c4c(c3)OC(c3ccc(C5CC5)s3)n3c-4cc4cc(-c5cnc([C@@H]6CCCN6C(=O)[C@@H](NC(=O)OC)C6CCOCC6)[nH]5)ccc43)[nH]2)C1)C1CCOCC1.